The van der Waals surface area contributed by atoms with E-state index in [4.69, 9.17) is 0 Å². The van der Waals surface area contributed by atoms with Crippen molar-refractivity contribution in [1.82, 2.24) is 29.7 Å². The largest absolute Gasteiger partial charge is 0.340 e. The molecule has 9 heteroatoms. The number of nitrogens with zero attached hydrogens (tertiary/aromatic N) is 4. The van der Waals surface area contributed by atoms with Crippen LogP contribution in [0.25, 0.3) is 11.2 Å². The number of likely N-dealkylation sites (tertiary alicyclic amines) is 2. The zero-order valence-electron chi connectivity index (χ0n) is 21.0. The number of hydrogen-bond acceptors (Lipinski definition) is 4. The highest BCUT2D eigenvalue weighted by Crippen LogP contribution is 2.33. The number of fused-ring (bicyclic) bond motifs is 1. The van der Waals surface area contributed by atoms with Crippen molar-refractivity contribution in [2.45, 2.75) is 56.5 Å². The van der Waals surface area contributed by atoms with Gasteiger partial charge in [0.1, 0.15) is 6.04 Å². The molecule has 2 aromatic heterocycles. The molecule has 0 bridgehead atoms. The van der Waals surface area contributed by atoms with Gasteiger partial charge in [0.25, 0.3) is 0 Å². The molecule has 1 aliphatic carbocycles. The number of nitrogens with one attached hydrogen (secondary N) is 2. The summed E-state index contributed by atoms with van der Waals surface area (Å²) in [7, 11) is 0. The van der Waals surface area contributed by atoms with Gasteiger partial charge in [-0.1, -0.05) is 30.3 Å². The summed E-state index contributed by atoms with van der Waals surface area (Å²) in [5.74, 6) is 0.925. The van der Waals surface area contributed by atoms with Gasteiger partial charge in [0.2, 0.25) is 5.91 Å². The van der Waals surface area contributed by atoms with E-state index in [1.807, 2.05) is 23.1 Å². The summed E-state index contributed by atoms with van der Waals surface area (Å²) < 4.78 is 1.77. The summed E-state index contributed by atoms with van der Waals surface area (Å²) in [6, 6.07) is 13.5. The quantitative estimate of drug-likeness (QED) is 0.559. The molecular weight excluding hydrogens is 468 g/mol. The molecule has 1 aromatic carbocycles. The monoisotopic (exact) mass is 502 g/mol. The van der Waals surface area contributed by atoms with E-state index >= 15 is 0 Å². The Kier molecular flexibility index (Phi) is 6.44. The van der Waals surface area contributed by atoms with Crippen LogP contribution in [0.1, 0.15) is 56.0 Å². The third-order valence-electron chi connectivity index (χ3n) is 8.21. The molecule has 2 saturated heterocycles. The van der Waals surface area contributed by atoms with E-state index in [0.717, 1.165) is 18.5 Å². The molecule has 2 aliphatic heterocycles. The van der Waals surface area contributed by atoms with Crippen LogP contribution in [-0.2, 0) is 4.79 Å². The second-order valence-corrected chi connectivity index (χ2v) is 10.8. The average Bonchev–Trinajstić information content (AvgIpc) is 3.70. The molecule has 194 valence electrons. The fourth-order valence-electron chi connectivity index (χ4n) is 5.96. The van der Waals surface area contributed by atoms with Gasteiger partial charge in [-0.2, -0.15) is 0 Å². The number of pyridine rings is 1. The maximum absolute atomic E-state index is 13.5. The first kappa shape index (κ1) is 23.8. The maximum Gasteiger partial charge on any atom is 0.327 e. The van der Waals surface area contributed by atoms with Gasteiger partial charge in [-0.3, -0.25) is 14.3 Å². The maximum atomic E-state index is 13.5. The predicted molar refractivity (Wildman–Crippen MR) is 140 cm³/mol. The topological polar surface area (TPSA) is 103 Å². The fraction of sp³-hybridized carbons (Fsp3) is 0.500. The first-order chi connectivity index (χ1) is 18.1. The van der Waals surface area contributed by atoms with Gasteiger partial charge in [-0.15, -0.1) is 0 Å². The highest BCUT2D eigenvalue weighted by molar-refractivity contribution is 5.87. The number of aromatic nitrogens is 3. The fourth-order valence-corrected chi connectivity index (χ4v) is 5.96. The molecule has 2 N–H and O–H groups in total. The normalized spacial score (nSPS) is 23.3. The van der Waals surface area contributed by atoms with Crippen molar-refractivity contribution >= 4 is 23.1 Å². The number of benzene rings is 1. The Hall–Kier alpha value is -3.62. The molecule has 9 nitrogen and oxygen atoms in total. The molecule has 4 heterocycles. The molecule has 3 aromatic rings. The third kappa shape index (κ3) is 4.99. The van der Waals surface area contributed by atoms with Gasteiger partial charge in [0, 0.05) is 44.3 Å². The van der Waals surface area contributed by atoms with Gasteiger partial charge < -0.3 is 15.1 Å². The lowest BCUT2D eigenvalue weighted by Crippen LogP contribution is -2.53. The van der Waals surface area contributed by atoms with Crippen molar-refractivity contribution in [1.29, 1.82) is 0 Å². The smallest absolute Gasteiger partial charge is 0.327 e. The standard InChI is InChI=1S/C28H34N6O3/c35-26-23(11-10-21(20-5-2-1-3-6-20)18-33(26)17-19-8-9-19)30-27(36)32-15-12-22(13-16-32)34-24-7-4-14-29-25(24)31-28(34)37/h1-7,14,19,21-23H,8-13,15-18H2,(H,30,36)(H,29,31,37)/t21?,23-/m1/s1. The van der Waals surface area contributed by atoms with Crippen LogP contribution < -0.4 is 11.0 Å². The minimum absolute atomic E-state index is 0.00896. The van der Waals surface area contributed by atoms with Crippen molar-refractivity contribution in [3.05, 3.63) is 64.7 Å². The number of imidazole rings is 1. The number of carbonyl (C=O) groups excluding carboxylic acids is 2. The zero-order valence-corrected chi connectivity index (χ0v) is 21.0. The molecule has 6 rings (SSSR count). The number of carbonyl (C=O) groups is 2. The lowest BCUT2D eigenvalue weighted by molar-refractivity contribution is -0.133. The van der Waals surface area contributed by atoms with Crippen LogP contribution >= 0.6 is 0 Å². The number of hydrogen-bond donors (Lipinski definition) is 2. The molecule has 37 heavy (non-hydrogen) atoms. The molecule has 0 spiro atoms. The van der Waals surface area contributed by atoms with Crippen LogP contribution in [0.15, 0.2) is 53.5 Å². The van der Waals surface area contributed by atoms with E-state index < -0.39 is 6.04 Å². The van der Waals surface area contributed by atoms with E-state index in [2.05, 4.69) is 39.6 Å². The van der Waals surface area contributed by atoms with E-state index in [0.29, 0.717) is 50.5 Å². The SMILES string of the molecule is O=C(N[C@@H]1CCC(c2ccccc2)CN(CC2CC2)C1=O)N1CCC(n2c(=O)[nH]c3ncccc32)CC1. The van der Waals surface area contributed by atoms with Gasteiger partial charge in [-0.25, -0.2) is 14.6 Å². The van der Waals surface area contributed by atoms with Crippen molar-refractivity contribution in [3.8, 4) is 0 Å². The van der Waals surface area contributed by atoms with Crippen molar-refractivity contribution in [2.75, 3.05) is 26.2 Å². The molecule has 1 saturated carbocycles. The molecule has 3 amide bonds. The summed E-state index contributed by atoms with van der Waals surface area (Å²) in [5.41, 5.74) is 2.48. The predicted octanol–water partition coefficient (Wildman–Crippen LogP) is 3.26. The van der Waals surface area contributed by atoms with Gasteiger partial charge >= 0.3 is 11.7 Å². The number of amides is 3. The van der Waals surface area contributed by atoms with Crippen LogP contribution in [0, 0.1) is 5.92 Å². The number of rotatable bonds is 5. The molecule has 2 atom stereocenters. The Bertz CT molecular complexity index is 1320. The molecule has 3 fully saturated rings. The number of H-pyrrole nitrogens is 1. The Morgan fingerprint density at radius 3 is 2.51 bits per heavy atom. The first-order valence-electron chi connectivity index (χ1n) is 13.5. The van der Waals surface area contributed by atoms with Crippen LogP contribution in [0.4, 0.5) is 4.79 Å². The highest BCUT2D eigenvalue weighted by Gasteiger charge is 2.36. The van der Waals surface area contributed by atoms with Crippen LogP contribution in [-0.4, -0.2) is 68.5 Å². The summed E-state index contributed by atoms with van der Waals surface area (Å²) in [4.78, 5) is 50.2. The van der Waals surface area contributed by atoms with Gasteiger partial charge in [-0.05, 0) is 62.1 Å². The second kappa shape index (κ2) is 10.0. The lowest BCUT2D eigenvalue weighted by Gasteiger charge is -2.34. The van der Waals surface area contributed by atoms with Gasteiger partial charge in [0.15, 0.2) is 5.65 Å². The zero-order chi connectivity index (χ0) is 25.4. The third-order valence-corrected chi connectivity index (χ3v) is 8.21. The number of urea groups is 1. The van der Waals surface area contributed by atoms with Gasteiger partial charge in [0.05, 0.1) is 5.52 Å². The summed E-state index contributed by atoms with van der Waals surface area (Å²) in [6.45, 7) is 2.57. The average molecular weight is 503 g/mol. The Balaban J connectivity index is 1.11. The summed E-state index contributed by atoms with van der Waals surface area (Å²) in [6.07, 6.45) is 6.89. The number of piperidine rings is 1. The molecule has 1 unspecified atom stereocenters. The Labute approximate surface area is 215 Å². The number of aromatic amines is 1. The van der Waals surface area contributed by atoms with Crippen molar-refractivity contribution < 1.29 is 9.59 Å². The Morgan fingerprint density at radius 2 is 1.76 bits per heavy atom. The first-order valence-corrected chi connectivity index (χ1v) is 13.5. The van der Waals surface area contributed by atoms with Crippen LogP contribution in [0.5, 0.6) is 0 Å². The van der Waals surface area contributed by atoms with E-state index in [1.165, 1.54) is 18.4 Å². The molecule has 3 aliphatic rings. The van der Waals surface area contributed by atoms with Crippen molar-refractivity contribution in [2.24, 2.45) is 5.92 Å². The lowest BCUT2D eigenvalue weighted by atomic mass is 9.93. The highest BCUT2D eigenvalue weighted by atomic mass is 16.2. The van der Waals surface area contributed by atoms with Crippen molar-refractivity contribution in [3.63, 3.8) is 0 Å². The van der Waals surface area contributed by atoms with Crippen LogP contribution in [0.3, 0.4) is 0 Å². The molecular formula is C28H34N6O3. The van der Waals surface area contributed by atoms with Crippen LogP contribution in [0.2, 0.25) is 0 Å². The summed E-state index contributed by atoms with van der Waals surface area (Å²) in [5, 5.41) is 3.08. The second-order valence-electron chi connectivity index (χ2n) is 10.8. The molecule has 0 radical (unpaired) electrons. The van der Waals surface area contributed by atoms with E-state index in [1.54, 1.807) is 15.7 Å². The van der Waals surface area contributed by atoms with E-state index in [9.17, 15) is 14.4 Å². The minimum Gasteiger partial charge on any atom is -0.340 e. The van der Waals surface area contributed by atoms with E-state index in [-0.39, 0.29) is 29.6 Å². The summed E-state index contributed by atoms with van der Waals surface area (Å²) >= 11 is 0. The minimum atomic E-state index is -0.500. The Morgan fingerprint density at radius 1 is 0.973 bits per heavy atom.